The third kappa shape index (κ3) is 2.45. The molecule has 5 nitrogen and oxygen atoms in total. The topological polar surface area (TPSA) is 64.6 Å². The molecule has 2 aliphatic rings. The minimum absolute atomic E-state index is 0.190. The van der Waals surface area contributed by atoms with E-state index >= 15 is 0 Å². The first kappa shape index (κ1) is 13.8. The molecule has 0 bridgehead atoms. The van der Waals surface area contributed by atoms with Crippen LogP contribution in [0, 0.1) is 5.92 Å². The van der Waals surface area contributed by atoms with E-state index in [1.165, 1.54) is 0 Å². The molecule has 1 aromatic carbocycles. The van der Waals surface area contributed by atoms with Crippen molar-refractivity contribution < 1.29 is 19.1 Å². The van der Waals surface area contributed by atoms with Crippen LogP contribution in [0.4, 0.5) is 0 Å². The summed E-state index contributed by atoms with van der Waals surface area (Å²) >= 11 is 0. The molecule has 2 aliphatic heterocycles. The second-order valence-electron chi connectivity index (χ2n) is 5.05. The Morgan fingerprint density at radius 2 is 2.14 bits per heavy atom. The fraction of sp³-hybridized carbons (Fsp3) is 0.375. The third-order valence-electron chi connectivity index (χ3n) is 3.80. The Kier molecular flexibility index (Phi) is 3.75. The van der Waals surface area contributed by atoms with E-state index in [9.17, 15) is 9.59 Å². The number of ether oxygens (including phenoxy) is 2. The number of amides is 1. The van der Waals surface area contributed by atoms with Gasteiger partial charge in [-0.3, -0.25) is 4.79 Å². The molecule has 1 fully saturated rings. The molecule has 0 radical (unpaired) electrons. The summed E-state index contributed by atoms with van der Waals surface area (Å²) < 4.78 is 10.6. The van der Waals surface area contributed by atoms with Crippen molar-refractivity contribution in [3.63, 3.8) is 0 Å². The summed E-state index contributed by atoms with van der Waals surface area (Å²) in [5.74, 6) is -0.797. The summed E-state index contributed by atoms with van der Waals surface area (Å²) in [4.78, 5) is 24.5. The number of nitrogens with one attached hydrogen (secondary N) is 1. The Bertz CT molecular complexity index is 594. The van der Waals surface area contributed by atoms with Gasteiger partial charge in [-0.05, 0) is 18.9 Å². The lowest BCUT2D eigenvalue weighted by atomic mass is 9.85. The van der Waals surface area contributed by atoms with Gasteiger partial charge in [0.15, 0.2) is 0 Å². The maximum absolute atomic E-state index is 12.3. The fourth-order valence-electron chi connectivity index (χ4n) is 2.89. The number of benzene rings is 1. The summed E-state index contributed by atoms with van der Waals surface area (Å²) in [6.45, 7) is 2.55. The SMILES string of the molecule is CCOC(=O)C1=C(c2ccccc2)NC(=O)C2OCCC12. The summed E-state index contributed by atoms with van der Waals surface area (Å²) in [5.41, 5.74) is 1.87. The molecule has 0 saturated carbocycles. The summed E-state index contributed by atoms with van der Waals surface area (Å²) in [5, 5.41) is 2.81. The Morgan fingerprint density at radius 3 is 2.86 bits per heavy atom. The molecule has 21 heavy (non-hydrogen) atoms. The van der Waals surface area contributed by atoms with Crippen molar-refractivity contribution in [2.24, 2.45) is 5.92 Å². The van der Waals surface area contributed by atoms with Crippen LogP contribution in [0.15, 0.2) is 35.9 Å². The van der Waals surface area contributed by atoms with Crippen LogP contribution in [0.1, 0.15) is 18.9 Å². The number of hydrogen-bond donors (Lipinski definition) is 1. The molecule has 2 unspecified atom stereocenters. The van der Waals surface area contributed by atoms with Crippen LogP contribution in [0.25, 0.3) is 5.70 Å². The maximum Gasteiger partial charge on any atom is 0.336 e. The molecule has 2 heterocycles. The molecule has 1 N–H and O–H groups in total. The van der Waals surface area contributed by atoms with Gasteiger partial charge in [0.1, 0.15) is 6.10 Å². The van der Waals surface area contributed by atoms with E-state index in [0.29, 0.717) is 30.9 Å². The van der Waals surface area contributed by atoms with Crippen molar-refractivity contribution in [2.45, 2.75) is 19.4 Å². The summed E-state index contributed by atoms with van der Waals surface area (Å²) in [7, 11) is 0. The lowest BCUT2D eigenvalue weighted by molar-refractivity contribution is -0.140. The highest BCUT2D eigenvalue weighted by Gasteiger charge is 2.45. The van der Waals surface area contributed by atoms with Crippen molar-refractivity contribution in [3.8, 4) is 0 Å². The van der Waals surface area contributed by atoms with Gasteiger partial charge < -0.3 is 14.8 Å². The molecule has 3 rings (SSSR count). The standard InChI is InChI=1S/C16H17NO4/c1-2-20-16(19)12-11-8-9-21-14(11)15(18)17-13(12)10-6-4-3-5-7-10/h3-7,11,14H,2,8-9H2,1H3,(H,17,18). The zero-order valence-corrected chi connectivity index (χ0v) is 11.8. The molecular formula is C16H17NO4. The van der Waals surface area contributed by atoms with Crippen LogP contribution in [0.3, 0.4) is 0 Å². The van der Waals surface area contributed by atoms with E-state index in [-0.39, 0.29) is 17.8 Å². The predicted octanol–water partition coefficient (Wildman–Crippen LogP) is 1.50. The molecule has 0 aromatic heterocycles. The number of hydrogen-bond acceptors (Lipinski definition) is 4. The smallest absolute Gasteiger partial charge is 0.336 e. The number of carbonyl (C=O) groups excluding carboxylic acids is 2. The molecule has 1 amide bonds. The highest BCUT2D eigenvalue weighted by Crippen LogP contribution is 2.36. The van der Waals surface area contributed by atoms with E-state index in [1.54, 1.807) is 6.92 Å². The normalized spacial score (nSPS) is 24.5. The Hall–Kier alpha value is -2.14. The van der Waals surface area contributed by atoms with Gasteiger partial charge in [0.25, 0.3) is 5.91 Å². The highest BCUT2D eigenvalue weighted by molar-refractivity contribution is 6.05. The maximum atomic E-state index is 12.3. The lowest BCUT2D eigenvalue weighted by Crippen LogP contribution is -2.44. The van der Waals surface area contributed by atoms with Gasteiger partial charge in [-0.25, -0.2) is 4.79 Å². The minimum atomic E-state index is -0.586. The third-order valence-corrected chi connectivity index (χ3v) is 3.80. The van der Waals surface area contributed by atoms with Crippen LogP contribution < -0.4 is 5.32 Å². The van der Waals surface area contributed by atoms with E-state index in [1.807, 2.05) is 30.3 Å². The highest BCUT2D eigenvalue weighted by atomic mass is 16.5. The van der Waals surface area contributed by atoms with Crippen LogP contribution in [0.5, 0.6) is 0 Å². The van der Waals surface area contributed by atoms with Crippen molar-refractivity contribution in [1.82, 2.24) is 5.32 Å². The van der Waals surface area contributed by atoms with Crippen LogP contribution in [-0.2, 0) is 19.1 Å². The fourth-order valence-corrected chi connectivity index (χ4v) is 2.89. The number of fused-ring (bicyclic) bond motifs is 1. The molecule has 110 valence electrons. The quantitative estimate of drug-likeness (QED) is 0.856. The first-order chi connectivity index (χ1) is 10.2. The minimum Gasteiger partial charge on any atom is -0.463 e. The van der Waals surface area contributed by atoms with Gasteiger partial charge in [0.2, 0.25) is 0 Å². The van der Waals surface area contributed by atoms with Crippen LogP contribution in [-0.4, -0.2) is 31.2 Å². The summed E-state index contributed by atoms with van der Waals surface area (Å²) in [6.07, 6.45) is 0.0691. The van der Waals surface area contributed by atoms with Crippen molar-refractivity contribution in [2.75, 3.05) is 13.2 Å². The van der Waals surface area contributed by atoms with Crippen molar-refractivity contribution in [1.29, 1.82) is 0 Å². The van der Waals surface area contributed by atoms with Gasteiger partial charge in [-0.2, -0.15) is 0 Å². The average molecular weight is 287 g/mol. The van der Waals surface area contributed by atoms with Gasteiger partial charge in [0.05, 0.1) is 17.9 Å². The van der Waals surface area contributed by atoms with Gasteiger partial charge >= 0.3 is 5.97 Å². The Balaban J connectivity index is 2.10. The molecule has 0 spiro atoms. The van der Waals surface area contributed by atoms with Crippen LogP contribution >= 0.6 is 0 Å². The number of rotatable bonds is 3. The predicted molar refractivity (Wildman–Crippen MR) is 76.0 cm³/mol. The molecule has 1 aromatic rings. The number of carbonyl (C=O) groups is 2. The molecule has 1 saturated heterocycles. The van der Waals surface area contributed by atoms with Crippen molar-refractivity contribution in [3.05, 3.63) is 41.5 Å². The van der Waals surface area contributed by atoms with E-state index < -0.39 is 6.10 Å². The first-order valence-electron chi connectivity index (χ1n) is 7.11. The second kappa shape index (κ2) is 5.69. The Labute approximate surface area is 122 Å². The second-order valence-corrected chi connectivity index (χ2v) is 5.05. The first-order valence-corrected chi connectivity index (χ1v) is 7.11. The zero-order chi connectivity index (χ0) is 14.8. The van der Waals surface area contributed by atoms with E-state index in [4.69, 9.17) is 9.47 Å². The largest absolute Gasteiger partial charge is 0.463 e. The van der Waals surface area contributed by atoms with Gasteiger partial charge in [-0.1, -0.05) is 30.3 Å². The molecule has 2 atom stereocenters. The number of esters is 1. The van der Waals surface area contributed by atoms with Crippen LogP contribution in [0.2, 0.25) is 0 Å². The van der Waals surface area contributed by atoms with Gasteiger partial charge in [0, 0.05) is 12.5 Å². The lowest BCUT2D eigenvalue weighted by Gasteiger charge is -2.28. The average Bonchev–Trinajstić information content (AvgIpc) is 2.98. The molecule has 0 aliphatic carbocycles. The monoisotopic (exact) mass is 287 g/mol. The van der Waals surface area contributed by atoms with Gasteiger partial charge in [-0.15, -0.1) is 0 Å². The van der Waals surface area contributed by atoms with E-state index in [2.05, 4.69) is 5.32 Å². The summed E-state index contributed by atoms with van der Waals surface area (Å²) in [6, 6.07) is 9.36. The molecule has 5 heteroatoms. The van der Waals surface area contributed by atoms with E-state index in [0.717, 1.165) is 5.56 Å². The van der Waals surface area contributed by atoms with Crippen molar-refractivity contribution >= 4 is 17.6 Å². The zero-order valence-electron chi connectivity index (χ0n) is 11.8. The molecular weight excluding hydrogens is 270 g/mol. The Morgan fingerprint density at radius 1 is 1.38 bits per heavy atom.